The van der Waals surface area contributed by atoms with Gasteiger partial charge in [0.05, 0.1) is 20.8 Å². The molecule has 1 aromatic rings. The highest BCUT2D eigenvalue weighted by Crippen LogP contribution is 2.25. The summed E-state index contributed by atoms with van der Waals surface area (Å²) in [4.78, 5) is 25.5. The lowest BCUT2D eigenvalue weighted by molar-refractivity contribution is -0.117. The summed E-state index contributed by atoms with van der Waals surface area (Å²) < 4.78 is 15.5. The second kappa shape index (κ2) is 9.70. The molecule has 1 aliphatic heterocycles. The lowest BCUT2D eigenvalue weighted by atomic mass is 10.1. The van der Waals surface area contributed by atoms with Crippen molar-refractivity contribution in [1.29, 1.82) is 0 Å². The van der Waals surface area contributed by atoms with Crippen molar-refractivity contribution in [3.05, 3.63) is 29.8 Å². The summed E-state index contributed by atoms with van der Waals surface area (Å²) in [6, 6.07) is 5.44. The number of rotatable bonds is 6. The zero-order chi connectivity index (χ0) is 18.9. The molecule has 1 aromatic carbocycles. The molecular formula is C19H26N2O5. The van der Waals surface area contributed by atoms with Crippen LogP contribution < -0.4 is 14.8 Å². The summed E-state index contributed by atoms with van der Waals surface area (Å²) in [6.07, 6.45) is 4.31. The summed E-state index contributed by atoms with van der Waals surface area (Å²) in [5.74, 6) is 1.18. The predicted molar refractivity (Wildman–Crippen MR) is 98.3 cm³/mol. The number of methoxy groups -OCH3 is 2. The van der Waals surface area contributed by atoms with Gasteiger partial charge in [-0.3, -0.25) is 4.79 Å². The smallest absolute Gasteiger partial charge is 0.409 e. The molecular weight excluding hydrogens is 336 g/mol. The number of hydrogen-bond acceptors (Lipinski definition) is 5. The molecule has 0 aliphatic carbocycles. The van der Waals surface area contributed by atoms with Gasteiger partial charge in [-0.2, -0.15) is 0 Å². The van der Waals surface area contributed by atoms with Crippen LogP contribution in [0.2, 0.25) is 0 Å². The Balaban J connectivity index is 1.88. The molecule has 142 valence electrons. The number of amides is 2. The van der Waals surface area contributed by atoms with Gasteiger partial charge in [-0.25, -0.2) is 4.79 Å². The first-order valence-electron chi connectivity index (χ1n) is 8.69. The van der Waals surface area contributed by atoms with Crippen molar-refractivity contribution in [2.75, 3.05) is 33.9 Å². The normalized spacial score (nSPS) is 15.0. The molecule has 2 rings (SSSR count). The van der Waals surface area contributed by atoms with Crippen LogP contribution in [0.25, 0.3) is 6.08 Å². The Kier molecular flexibility index (Phi) is 7.32. The Morgan fingerprint density at radius 2 is 1.96 bits per heavy atom. The van der Waals surface area contributed by atoms with Crippen molar-refractivity contribution < 1.29 is 23.8 Å². The second-order valence-electron chi connectivity index (χ2n) is 5.91. The van der Waals surface area contributed by atoms with Crippen LogP contribution in [0.1, 0.15) is 25.3 Å². The highest BCUT2D eigenvalue weighted by Gasteiger charge is 2.24. The fourth-order valence-electron chi connectivity index (χ4n) is 2.81. The van der Waals surface area contributed by atoms with Crippen LogP contribution in [-0.4, -0.2) is 56.9 Å². The quantitative estimate of drug-likeness (QED) is 0.787. The molecule has 1 heterocycles. The molecule has 26 heavy (non-hydrogen) atoms. The minimum Gasteiger partial charge on any atom is -0.497 e. The molecule has 0 saturated carbocycles. The molecule has 0 spiro atoms. The molecule has 1 saturated heterocycles. The van der Waals surface area contributed by atoms with Crippen LogP contribution >= 0.6 is 0 Å². The molecule has 1 fully saturated rings. The number of nitrogens with zero attached hydrogens (tertiary/aromatic N) is 1. The van der Waals surface area contributed by atoms with Crippen LogP contribution in [0.4, 0.5) is 4.79 Å². The highest BCUT2D eigenvalue weighted by molar-refractivity contribution is 5.92. The van der Waals surface area contributed by atoms with E-state index in [1.165, 1.54) is 6.08 Å². The summed E-state index contributed by atoms with van der Waals surface area (Å²) in [5.41, 5.74) is 0.763. The molecule has 1 aliphatic rings. The van der Waals surface area contributed by atoms with Gasteiger partial charge in [0.2, 0.25) is 5.91 Å². The van der Waals surface area contributed by atoms with Gasteiger partial charge in [-0.15, -0.1) is 0 Å². The Morgan fingerprint density at radius 3 is 2.58 bits per heavy atom. The zero-order valence-electron chi connectivity index (χ0n) is 15.5. The molecule has 7 heteroatoms. The number of piperidine rings is 1. The Hall–Kier alpha value is -2.70. The van der Waals surface area contributed by atoms with Gasteiger partial charge in [0.1, 0.15) is 11.5 Å². The fraction of sp³-hybridized carbons (Fsp3) is 0.474. The van der Waals surface area contributed by atoms with Gasteiger partial charge in [0, 0.05) is 30.8 Å². The summed E-state index contributed by atoms with van der Waals surface area (Å²) in [5, 5.41) is 2.97. The Bertz CT molecular complexity index is 651. The third-order valence-corrected chi connectivity index (χ3v) is 4.22. The van der Waals surface area contributed by atoms with Gasteiger partial charge < -0.3 is 24.4 Å². The maximum atomic E-state index is 12.2. The molecule has 0 atom stereocenters. The van der Waals surface area contributed by atoms with E-state index >= 15 is 0 Å². The van der Waals surface area contributed by atoms with Crippen LogP contribution in [-0.2, 0) is 9.53 Å². The number of carbonyl (C=O) groups is 2. The van der Waals surface area contributed by atoms with Gasteiger partial charge in [-0.05, 0) is 44.0 Å². The third-order valence-electron chi connectivity index (χ3n) is 4.22. The first-order chi connectivity index (χ1) is 12.6. The monoisotopic (exact) mass is 362 g/mol. The number of hydrogen-bond donors (Lipinski definition) is 1. The molecule has 0 aromatic heterocycles. The van der Waals surface area contributed by atoms with Crippen molar-refractivity contribution in [1.82, 2.24) is 10.2 Å². The maximum absolute atomic E-state index is 12.2. The van der Waals surface area contributed by atoms with E-state index < -0.39 is 0 Å². The number of nitrogens with one attached hydrogen (secondary N) is 1. The number of likely N-dealkylation sites (tertiary alicyclic amines) is 1. The number of carbonyl (C=O) groups excluding carboxylic acids is 2. The SMILES string of the molecule is CCOC(=O)N1CCC(NC(=O)/C=C/c2cc(OC)ccc2OC)CC1. The van der Waals surface area contributed by atoms with E-state index in [4.69, 9.17) is 14.2 Å². The van der Waals surface area contributed by atoms with E-state index in [9.17, 15) is 9.59 Å². The van der Waals surface area contributed by atoms with Gasteiger partial charge in [0.15, 0.2) is 0 Å². The second-order valence-corrected chi connectivity index (χ2v) is 5.91. The molecule has 0 bridgehead atoms. The van der Waals surface area contributed by atoms with Gasteiger partial charge in [0.25, 0.3) is 0 Å². The number of ether oxygens (including phenoxy) is 3. The molecule has 1 N–H and O–H groups in total. The van der Waals surface area contributed by atoms with E-state index in [0.717, 1.165) is 5.56 Å². The van der Waals surface area contributed by atoms with Crippen molar-refractivity contribution in [2.24, 2.45) is 0 Å². The average Bonchev–Trinajstić information content (AvgIpc) is 2.66. The predicted octanol–water partition coefficient (Wildman–Crippen LogP) is 2.45. The van der Waals surface area contributed by atoms with E-state index in [1.54, 1.807) is 50.3 Å². The van der Waals surface area contributed by atoms with Gasteiger partial charge in [-0.1, -0.05) is 0 Å². The van der Waals surface area contributed by atoms with E-state index in [0.29, 0.717) is 44.0 Å². The zero-order valence-corrected chi connectivity index (χ0v) is 15.5. The first kappa shape index (κ1) is 19.6. The topological polar surface area (TPSA) is 77.1 Å². The Morgan fingerprint density at radius 1 is 1.23 bits per heavy atom. The molecule has 0 radical (unpaired) electrons. The van der Waals surface area contributed by atoms with Crippen LogP contribution in [0, 0.1) is 0 Å². The van der Waals surface area contributed by atoms with Crippen molar-refractivity contribution >= 4 is 18.1 Å². The van der Waals surface area contributed by atoms with Crippen molar-refractivity contribution in [3.63, 3.8) is 0 Å². The Labute approximate surface area is 153 Å². The van der Waals surface area contributed by atoms with Crippen LogP contribution in [0.15, 0.2) is 24.3 Å². The molecule has 0 unspecified atom stereocenters. The highest BCUT2D eigenvalue weighted by atomic mass is 16.6. The number of benzene rings is 1. The minimum atomic E-state index is -0.290. The largest absolute Gasteiger partial charge is 0.497 e. The van der Waals surface area contributed by atoms with E-state index in [2.05, 4.69) is 5.32 Å². The fourth-order valence-corrected chi connectivity index (χ4v) is 2.81. The third kappa shape index (κ3) is 5.40. The minimum absolute atomic E-state index is 0.0463. The van der Waals surface area contributed by atoms with E-state index in [-0.39, 0.29) is 18.0 Å². The first-order valence-corrected chi connectivity index (χ1v) is 8.69. The van der Waals surface area contributed by atoms with Crippen LogP contribution in [0.5, 0.6) is 11.5 Å². The maximum Gasteiger partial charge on any atom is 0.409 e. The van der Waals surface area contributed by atoms with Crippen molar-refractivity contribution in [3.8, 4) is 11.5 Å². The molecule has 7 nitrogen and oxygen atoms in total. The van der Waals surface area contributed by atoms with Crippen molar-refractivity contribution in [2.45, 2.75) is 25.8 Å². The average molecular weight is 362 g/mol. The lowest BCUT2D eigenvalue weighted by Crippen LogP contribution is -2.46. The van der Waals surface area contributed by atoms with Gasteiger partial charge >= 0.3 is 6.09 Å². The summed E-state index contributed by atoms with van der Waals surface area (Å²) in [6.45, 7) is 3.32. The lowest BCUT2D eigenvalue weighted by Gasteiger charge is -2.31. The molecule has 2 amide bonds. The summed E-state index contributed by atoms with van der Waals surface area (Å²) in [7, 11) is 3.17. The van der Waals surface area contributed by atoms with Crippen LogP contribution in [0.3, 0.4) is 0 Å². The summed E-state index contributed by atoms with van der Waals surface area (Å²) >= 11 is 0. The standard InChI is InChI=1S/C19H26N2O5/c1-4-26-19(23)21-11-9-15(10-12-21)20-18(22)8-5-14-13-16(24-2)6-7-17(14)25-3/h5-8,13,15H,4,9-12H2,1-3H3,(H,20,22)/b8-5+. The van der Waals surface area contributed by atoms with E-state index in [1.807, 2.05) is 0 Å².